The summed E-state index contributed by atoms with van der Waals surface area (Å²) >= 11 is 0. The van der Waals surface area contributed by atoms with Crippen molar-refractivity contribution in [1.29, 1.82) is 0 Å². The molecule has 0 aliphatic carbocycles. The molecule has 2 aromatic rings. The highest BCUT2D eigenvalue weighted by Gasteiger charge is 2.29. The van der Waals surface area contributed by atoms with Crippen LogP contribution in [0.15, 0.2) is 60.3 Å². The van der Waals surface area contributed by atoms with Crippen LogP contribution in [0.25, 0.3) is 5.57 Å². The van der Waals surface area contributed by atoms with Gasteiger partial charge in [-0.25, -0.2) is 4.39 Å². The fourth-order valence-electron chi connectivity index (χ4n) is 3.38. The largest absolute Gasteiger partial charge is 0.466 e. The van der Waals surface area contributed by atoms with Gasteiger partial charge in [0, 0.05) is 31.3 Å². The average Bonchev–Trinajstić information content (AvgIpc) is 2.80. The van der Waals surface area contributed by atoms with Crippen LogP contribution < -0.4 is 11.1 Å². The summed E-state index contributed by atoms with van der Waals surface area (Å²) in [6.45, 7) is 4.08. The van der Waals surface area contributed by atoms with Crippen LogP contribution in [-0.4, -0.2) is 48.9 Å². The minimum atomic E-state index is -0.918. The number of nitrogens with one attached hydrogen (secondary N) is 1. The van der Waals surface area contributed by atoms with Crippen molar-refractivity contribution in [2.24, 2.45) is 5.73 Å². The smallest absolute Gasteiger partial charge is 0.311 e. The van der Waals surface area contributed by atoms with E-state index in [2.05, 4.69) is 5.32 Å². The van der Waals surface area contributed by atoms with Gasteiger partial charge in [0.15, 0.2) is 0 Å². The topological polar surface area (TPSA) is 102 Å². The van der Waals surface area contributed by atoms with E-state index in [0.29, 0.717) is 12.1 Å². The number of likely N-dealkylation sites (N-methyl/N-ethyl adjacent to an activating group) is 2. The van der Waals surface area contributed by atoms with Gasteiger partial charge in [-0.2, -0.15) is 0 Å². The Kier molecular flexibility index (Phi) is 9.60. The van der Waals surface area contributed by atoms with E-state index in [9.17, 15) is 18.8 Å². The number of nitrogens with two attached hydrogens (primary N) is 1. The lowest BCUT2D eigenvalue weighted by molar-refractivity contribution is -0.142. The third-order valence-electron chi connectivity index (χ3n) is 5.08. The molecule has 0 bridgehead atoms. The molecule has 0 radical (unpaired) electrons. The molecule has 2 aromatic carbocycles. The molecule has 2 amide bonds. The van der Waals surface area contributed by atoms with E-state index in [0.717, 1.165) is 5.56 Å². The van der Waals surface area contributed by atoms with Gasteiger partial charge >= 0.3 is 5.97 Å². The molecule has 0 heterocycles. The molecule has 0 aliphatic heterocycles. The van der Waals surface area contributed by atoms with E-state index in [1.165, 1.54) is 36.2 Å². The Morgan fingerprint density at radius 1 is 1.03 bits per heavy atom. The zero-order valence-corrected chi connectivity index (χ0v) is 19.1. The summed E-state index contributed by atoms with van der Waals surface area (Å²) in [4.78, 5) is 39.4. The zero-order chi connectivity index (χ0) is 24.4. The standard InChI is InChI=1S/C25H30FN3O4/c1-4-28-24(31)22(29(3)25(32)18-11-13-19(26)14-12-18)15-20(17-9-7-6-8-10-17)21(27)16-23(30)33-5-2/h6-14,22H,4-5,15-16,27H2,1-3H3,(H,28,31)/b21-20-. The number of benzene rings is 2. The summed E-state index contributed by atoms with van der Waals surface area (Å²) in [6.07, 6.45) is -0.0691. The van der Waals surface area contributed by atoms with Gasteiger partial charge in [0.05, 0.1) is 13.0 Å². The Bertz CT molecular complexity index is 990. The van der Waals surface area contributed by atoms with Crippen LogP contribution in [0.4, 0.5) is 4.39 Å². The summed E-state index contributed by atoms with van der Waals surface area (Å²) in [6, 6.07) is 13.3. The minimum Gasteiger partial charge on any atom is -0.466 e. The second-order valence-corrected chi connectivity index (χ2v) is 7.39. The van der Waals surface area contributed by atoms with Gasteiger partial charge in [0.2, 0.25) is 5.91 Å². The number of hydrogen-bond acceptors (Lipinski definition) is 5. The Morgan fingerprint density at radius 3 is 2.24 bits per heavy atom. The van der Waals surface area contributed by atoms with Gasteiger partial charge in [-0.1, -0.05) is 30.3 Å². The summed E-state index contributed by atoms with van der Waals surface area (Å²) in [5.74, 6) is -1.75. The number of amides is 2. The number of carbonyl (C=O) groups is 3. The molecule has 7 nitrogen and oxygen atoms in total. The molecule has 2 rings (SSSR count). The van der Waals surface area contributed by atoms with Crippen LogP contribution in [0.1, 0.15) is 42.6 Å². The molecule has 0 fully saturated rings. The lowest BCUT2D eigenvalue weighted by Crippen LogP contribution is -2.48. The van der Waals surface area contributed by atoms with E-state index >= 15 is 0 Å². The van der Waals surface area contributed by atoms with Crippen molar-refractivity contribution in [3.8, 4) is 0 Å². The maximum absolute atomic E-state index is 13.3. The van der Waals surface area contributed by atoms with Crippen molar-refractivity contribution in [2.75, 3.05) is 20.2 Å². The summed E-state index contributed by atoms with van der Waals surface area (Å²) < 4.78 is 18.3. The summed E-state index contributed by atoms with van der Waals surface area (Å²) in [5.41, 5.74) is 8.12. The highest BCUT2D eigenvalue weighted by atomic mass is 19.1. The fourth-order valence-corrected chi connectivity index (χ4v) is 3.38. The third-order valence-corrected chi connectivity index (χ3v) is 5.08. The third kappa shape index (κ3) is 7.17. The molecule has 33 heavy (non-hydrogen) atoms. The molecule has 0 aromatic heterocycles. The maximum atomic E-state index is 13.3. The Balaban J connectivity index is 2.44. The van der Waals surface area contributed by atoms with Crippen LogP contribution in [-0.2, 0) is 14.3 Å². The van der Waals surface area contributed by atoms with Crippen LogP contribution >= 0.6 is 0 Å². The van der Waals surface area contributed by atoms with Crippen LogP contribution in [0, 0.1) is 5.82 Å². The molecule has 1 atom stereocenters. The average molecular weight is 456 g/mol. The van der Waals surface area contributed by atoms with Crippen molar-refractivity contribution in [1.82, 2.24) is 10.2 Å². The van der Waals surface area contributed by atoms with E-state index in [-0.39, 0.29) is 36.6 Å². The molecule has 0 spiro atoms. The highest BCUT2D eigenvalue weighted by Crippen LogP contribution is 2.26. The molecular weight excluding hydrogens is 425 g/mol. The van der Waals surface area contributed by atoms with E-state index in [4.69, 9.17) is 10.5 Å². The Labute approximate surface area is 193 Å². The second kappa shape index (κ2) is 12.4. The maximum Gasteiger partial charge on any atom is 0.311 e. The number of ether oxygens (including phenoxy) is 1. The molecule has 176 valence electrons. The first-order valence-corrected chi connectivity index (χ1v) is 10.8. The monoisotopic (exact) mass is 455 g/mol. The summed E-state index contributed by atoms with van der Waals surface area (Å²) in [7, 11) is 1.51. The Morgan fingerprint density at radius 2 is 1.67 bits per heavy atom. The molecule has 0 saturated heterocycles. The second-order valence-electron chi connectivity index (χ2n) is 7.39. The predicted octanol–water partition coefficient (Wildman–Crippen LogP) is 3.12. The molecule has 0 saturated carbocycles. The van der Waals surface area contributed by atoms with Gasteiger partial charge in [0.1, 0.15) is 11.9 Å². The summed E-state index contributed by atoms with van der Waals surface area (Å²) in [5, 5.41) is 2.75. The first-order chi connectivity index (χ1) is 15.8. The molecule has 1 unspecified atom stereocenters. The number of carbonyl (C=O) groups excluding carboxylic acids is 3. The van der Waals surface area contributed by atoms with Gasteiger partial charge in [0.25, 0.3) is 5.91 Å². The first-order valence-electron chi connectivity index (χ1n) is 10.8. The van der Waals surface area contributed by atoms with Crippen molar-refractivity contribution in [2.45, 2.75) is 32.7 Å². The van der Waals surface area contributed by atoms with Crippen molar-refractivity contribution >= 4 is 23.4 Å². The van der Waals surface area contributed by atoms with Gasteiger partial charge in [-0.15, -0.1) is 0 Å². The van der Waals surface area contributed by atoms with E-state index in [1.54, 1.807) is 13.8 Å². The van der Waals surface area contributed by atoms with Crippen LogP contribution in [0.2, 0.25) is 0 Å². The van der Waals surface area contributed by atoms with Gasteiger partial charge < -0.3 is 20.7 Å². The van der Waals surface area contributed by atoms with Crippen LogP contribution in [0.5, 0.6) is 0 Å². The number of esters is 1. The van der Waals surface area contributed by atoms with Gasteiger partial charge in [-0.3, -0.25) is 14.4 Å². The molecular formula is C25H30FN3O4. The zero-order valence-electron chi connectivity index (χ0n) is 19.1. The lowest BCUT2D eigenvalue weighted by Gasteiger charge is -2.29. The number of rotatable bonds is 10. The lowest BCUT2D eigenvalue weighted by atomic mass is 9.94. The highest BCUT2D eigenvalue weighted by molar-refractivity contribution is 5.98. The normalized spacial score (nSPS) is 12.4. The molecule has 3 N–H and O–H groups in total. The molecule has 8 heteroatoms. The Hall–Kier alpha value is -3.68. The van der Waals surface area contributed by atoms with Crippen molar-refractivity contribution in [3.63, 3.8) is 0 Å². The fraction of sp³-hybridized carbons (Fsp3) is 0.320. The van der Waals surface area contributed by atoms with Gasteiger partial charge in [-0.05, 0) is 49.2 Å². The predicted molar refractivity (Wildman–Crippen MR) is 124 cm³/mol. The SMILES string of the molecule is CCNC(=O)C(C/C(=C(/N)CC(=O)OCC)c1ccccc1)N(C)C(=O)c1ccc(F)cc1. The van der Waals surface area contributed by atoms with E-state index in [1.807, 2.05) is 30.3 Å². The quantitative estimate of drug-likeness (QED) is 0.536. The minimum absolute atomic E-state index is 0.0739. The number of nitrogens with zero attached hydrogens (tertiary/aromatic N) is 1. The number of halogens is 1. The number of hydrogen-bond donors (Lipinski definition) is 2. The van der Waals surface area contributed by atoms with Crippen molar-refractivity contribution in [3.05, 3.63) is 77.2 Å². The van der Waals surface area contributed by atoms with Crippen LogP contribution in [0.3, 0.4) is 0 Å². The first kappa shape index (κ1) is 25.6. The van der Waals surface area contributed by atoms with Crippen molar-refractivity contribution < 1.29 is 23.5 Å². The molecule has 0 aliphatic rings. The van der Waals surface area contributed by atoms with E-state index < -0.39 is 23.7 Å².